The van der Waals surface area contributed by atoms with Crippen molar-refractivity contribution in [3.05, 3.63) is 12.2 Å². The van der Waals surface area contributed by atoms with Gasteiger partial charge >= 0.3 is 0 Å². The summed E-state index contributed by atoms with van der Waals surface area (Å²) in [5, 5.41) is 7.76. The van der Waals surface area contributed by atoms with E-state index in [9.17, 15) is 0 Å². The second-order valence-electron chi connectivity index (χ2n) is 7.51. The molecule has 1 heterocycles. The quantitative estimate of drug-likeness (QED) is 0.832. The second kappa shape index (κ2) is 7.21. The SMILES string of the molecule is CNC(Cc1ncnn1C(C)C)CC(C)CC(C)(C)C. The third-order valence-electron chi connectivity index (χ3n) is 3.62. The van der Waals surface area contributed by atoms with Crippen LogP contribution in [0.5, 0.6) is 0 Å². The van der Waals surface area contributed by atoms with Gasteiger partial charge in [-0.1, -0.05) is 27.7 Å². The van der Waals surface area contributed by atoms with Gasteiger partial charge in [0.25, 0.3) is 0 Å². The summed E-state index contributed by atoms with van der Waals surface area (Å²) in [7, 11) is 2.05. The lowest BCUT2D eigenvalue weighted by molar-refractivity contribution is 0.275. The van der Waals surface area contributed by atoms with Gasteiger partial charge in [0.05, 0.1) is 0 Å². The summed E-state index contributed by atoms with van der Waals surface area (Å²) in [6.45, 7) is 13.6. The minimum Gasteiger partial charge on any atom is -0.317 e. The highest BCUT2D eigenvalue weighted by molar-refractivity contribution is 4.91. The molecule has 0 spiro atoms. The van der Waals surface area contributed by atoms with Gasteiger partial charge in [0.15, 0.2) is 0 Å². The molecular weight excluding hydrogens is 248 g/mol. The first-order valence-corrected chi connectivity index (χ1v) is 7.78. The molecule has 20 heavy (non-hydrogen) atoms. The molecule has 0 aliphatic carbocycles. The van der Waals surface area contributed by atoms with Crippen LogP contribution in [0.4, 0.5) is 0 Å². The second-order valence-corrected chi connectivity index (χ2v) is 7.51. The molecule has 1 aromatic rings. The van der Waals surface area contributed by atoms with Crippen LogP contribution in [0.3, 0.4) is 0 Å². The Balaban J connectivity index is 2.61. The van der Waals surface area contributed by atoms with Crippen molar-refractivity contribution in [2.24, 2.45) is 11.3 Å². The maximum Gasteiger partial charge on any atom is 0.138 e. The van der Waals surface area contributed by atoms with Crippen LogP contribution in [0.2, 0.25) is 0 Å². The lowest BCUT2D eigenvalue weighted by Gasteiger charge is -2.26. The normalized spacial score (nSPS) is 15.6. The summed E-state index contributed by atoms with van der Waals surface area (Å²) in [5.74, 6) is 1.80. The molecule has 1 N–H and O–H groups in total. The van der Waals surface area contributed by atoms with E-state index < -0.39 is 0 Å². The zero-order valence-corrected chi connectivity index (χ0v) is 14.3. The number of likely N-dealkylation sites (N-methyl/N-ethyl adjacent to an activating group) is 1. The van der Waals surface area contributed by atoms with Gasteiger partial charge in [-0.15, -0.1) is 0 Å². The number of nitrogens with zero attached hydrogens (tertiary/aromatic N) is 3. The highest BCUT2D eigenvalue weighted by Gasteiger charge is 2.20. The highest BCUT2D eigenvalue weighted by atomic mass is 15.3. The third kappa shape index (κ3) is 5.61. The molecule has 0 aromatic carbocycles. The van der Waals surface area contributed by atoms with Crippen molar-refractivity contribution < 1.29 is 0 Å². The fraction of sp³-hybridized carbons (Fsp3) is 0.875. The van der Waals surface area contributed by atoms with Crippen molar-refractivity contribution in [1.82, 2.24) is 20.1 Å². The Kier molecular flexibility index (Phi) is 6.18. The molecule has 1 aromatic heterocycles. The van der Waals surface area contributed by atoms with Gasteiger partial charge in [-0.25, -0.2) is 9.67 Å². The van der Waals surface area contributed by atoms with Gasteiger partial charge in [-0.05, 0) is 45.1 Å². The average molecular weight is 280 g/mol. The molecule has 0 radical (unpaired) electrons. The molecule has 0 aliphatic heterocycles. The molecule has 116 valence electrons. The number of nitrogens with one attached hydrogen (secondary N) is 1. The van der Waals surface area contributed by atoms with Crippen molar-refractivity contribution >= 4 is 0 Å². The molecule has 0 fully saturated rings. The number of hydrogen-bond acceptors (Lipinski definition) is 3. The van der Waals surface area contributed by atoms with Crippen LogP contribution in [-0.4, -0.2) is 27.9 Å². The first-order valence-electron chi connectivity index (χ1n) is 7.78. The molecule has 1 rings (SSSR count). The Bertz CT molecular complexity index is 389. The first-order chi connectivity index (χ1) is 9.23. The summed E-state index contributed by atoms with van der Waals surface area (Å²) < 4.78 is 2.03. The number of rotatable bonds is 7. The summed E-state index contributed by atoms with van der Waals surface area (Å²) in [4.78, 5) is 4.42. The standard InChI is InChI=1S/C16H32N4/c1-12(2)20-15(18-11-19-20)9-14(17-7)8-13(3)10-16(4,5)6/h11-14,17H,8-10H2,1-7H3. The fourth-order valence-electron chi connectivity index (χ4n) is 2.99. The summed E-state index contributed by atoms with van der Waals surface area (Å²) in [6, 6.07) is 0.839. The Morgan fingerprint density at radius 3 is 2.40 bits per heavy atom. The monoisotopic (exact) mass is 280 g/mol. The third-order valence-corrected chi connectivity index (χ3v) is 3.62. The summed E-state index contributed by atoms with van der Waals surface area (Å²) in [5.41, 5.74) is 0.398. The maximum absolute atomic E-state index is 4.42. The van der Waals surface area contributed by atoms with Crippen molar-refractivity contribution in [2.45, 2.75) is 72.9 Å². The zero-order chi connectivity index (χ0) is 15.3. The van der Waals surface area contributed by atoms with Crippen LogP contribution >= 0.6 is 0 Å². The van der Waals surface area contributed by atoms with E-state index in [0.717, 1.165) is 12.2 Å². The van der Waals surface area contributed by atoms with Crippen LogP contribution in [0, 0.1) is 11.3 Å². The largest absolute Gasteiger partial charge is 0.317 e. The number of aromatic nitrogens is 3. The smallest absolute Gasteiger partial charge is 0.138 e. The van der Waals surface area contributed by atoms with Crippen LogP contribution in [0.1, 0.15) is 66.3 Å². The van der Waals surface area contributed by atoms with E-state index in [0.29, 0.717) is 23.4 Å². The van der Waals surface area contributed by atoms with Gasteiger partial charge in [-0.2, -0.15) is 5.10 Å². The van der Waals surface area contributed by atoms with E-state index in [-0.39, 0.29) is 0 Å². The molecule has 4 nitrogen and oxygen atoms in total. The topological polar surface area (TPSA) is 42.7 Å². The Morgan fingerprint density at radius 1 is 1.25 bits per heavy atom. The van der Waals surface area contributed by atoms with E-state index in [2.05, 4.69) is 56.9 Å². The maximum atomic E-state index is 4.42. The Morgan fingerprint density at radius 2 is 1.90 bits per heavy atom. The van der Waals surface area contributed by atoms with Gasteiger partial charge in [0.2, 0.25) is 0 Å². The molecule has 0 saturated carbocycles. The first kappa shape index (κ1) is 17.2. The van der Waals surface area contributed by atoms with Gasteiger partial charge in [0.1, 0.15) is 12.2 Å². The molecule has 0 aliphatic rings. The summed E-state index contributed by atoms with van der Waals surface area (Å²) >= 11 is 0. The molecule has 2 unspecified atom stereocenters. The predicted octanol–water partition coefficient (Wildman–Crippen LogP) is 3.45. The lowest BCUT2D eigenvalue weighted by atomic mass is 9.82. The fourth-order valence-corrected chi connectivity index (χ4v) is 2.99. The summed E-state index contributed by atoms with van der Waals surface area (Å²) in [6.07, 6.45) is 5.05. The van der Waals surface area contributed by atoms with E-state index in [1.807, 2.05) is 11.7 Å². The van der Waals surface area contributed by atoms with Crippen molar-refractivity contribution in [3.63, 3.8) is 0 Å². The average Bonchev–Trinajstić information content (AvgIpc) is 2.73. The van der Waals surface area contributed by atoms with E-state index in [1.165, 1.54) is 12.8 Å². The number of hydrogen-bond donors (Lipinski definition) is 1. The van der Waals surface area contributed by atoms with Crippen molar-refractivity contribution in [2.75, 3.05) is 7.05 Å². The Labute approximate surface area is 124 Å². The van der Waals surface area contributed by atoms with E-state index in [1.54, 1.807) is 6.33 Å². The van der Waals surface area contributed by atoms with Crippen molar-refractivity contribution in [1.29, 1.82) is 0 Å². The van der Waals surface area contributed by atoms with Crippen LogP contribution in [-0.2, 0) is 6.42 Å². The molecule has 0 saturated heterocycles. The van der Waals surface area contributed by atoms with E-state index in [4.69, 9.17) is 0 Å². The highest BCUT2D eigenvalue weighted by Crippen LogP contribution is 2.27. The van der Waals surface area contributed by atoms with Gasteiger partial charge in [0, 0.05) is 18.5 Å². The molecule has 2 atom stereocenters. The van der Waals surface area contributed by atoms with Gasteiger partial charge in [-0.3, -0.25) is 0 Å². The minimum atomic E-state index is 0.372. The van der Waals surface area contributed by atoms with Crippen LogP contribution < -0.4 is 5.32 Å². The molecule has 4 heteroatoms. The van der Waals surface area contributed by atoms with Gasteiger partial charge < -0.3 is 5.32 Å². The van der Waals surface area contributed by atoms with Crippen LogP contribution in [0.15, 0.2) is 6.33 Å². The van der Waals surface area contributed by atoms with Crippen molar-refractivity contribution in [3.8, 4) is 0 Å². The Hall–Kier alpha value is -0.900. The lowest BCUT2D eigenvalue weighted by Crippen LogP contribution is -2.32. The predicted molar refractivity (Wildman–Crippen MR) is 84.8 cm³/mol. The molecule has 0 amide bonds. The molecular formula is C16H32N4. The molecule has 0 bridgehead atoms. The van der Waals surface area contributed by atoms with E-state index >= 15 is 0 Å². The minimum absolute atomic E-state index is 0.372. The van der Waals surface area contributed by atoms with Crippen LogP contribution in [0.25, 0.3) is 0 Å². The zero-order valence-electron chi connectivity index (χ0n) is 14.3.